The molecule has 2 rings (SSSR count). The lowest BCUT2D eigenvalue weighted by molar-refractivity contribution is 0.215. The minimum atomic E-state index is -0.754. The van der Waals surface area contributed by atoms with Crippen LogP contribution >= 0.6 is 0 Å². The summed E-state index contributed by atoms with van der Waals surface area (Å²) in [5.41, 5.74) is 0.0294. The number of benzene rings is 2. The molecule has 0 heterocycles. The van der Waals surface area contributed by atoms with Crippen LogP contribution in [0.4, 0.5) is 14.9 Å². The van der Waals surface area contributed by atoms with E-state index in [1.165, 1.54) is 19.2 Å². The van der Waals surface area contributed by atoms with Crippen molar-refractivity contribution in [3.63, 3.8) is 0 Å². The van der Waals surface area contributed by atoms with Crippen molar-refractivity contribution in [3.8, 4) is 11.5 Å². The maximum Gasteiger partial charge on any atom is 0.417 e. The van der Waals surface area contributed by atoms with Crippen LogP contribution in [0.3, 0.4) is 0 Å². The van der Waals surface area contributed by atoms with Crippen LogP contribution in [0, 0.1) is 5.82 Å². The maximum absolute atomic E-state index is 13.6. The van der Waals surface area contributed by atoms with Crippen LogP contribution in [-0.2, 0) is 0 Å². The molecule has 1 N–H and O–H groups in total. The first-order chi connectivity index (χ1) is 9.19. The Morgan fingerprint density at radius 2 is 1.84 bits per heavy atom. The number of amides is 1. The second-order valence-electron chi connectivity index (χ2n) is 3.67. The third-order valence-corrected chi connectivity index (χ3v) is 2.37. The molecular formula is C14H12FNO3. The van der Waals surface area contributed by atoms with Gasteiger partial charge in [0.05, 0.1) is 12.8 Å². The van der Waals surface area contributed by atoms with E-state index in [1.807, 2.05) is 0 Å². The Hall–Kier alpha value is -2.56. The van der Waals surface area contributed by atoms with Crippen molar-refractivity contribution >= 4 is 11.8 Å². The van der Waals surface area contributed by atoms with Crippen LogP contribution in [0.15, 0.2) is 48.5 Å². The Bertz CT molecular complexity index is 572. The summed E-state index contributed by atoms with van der Waals surface area (Å²) < 4.78 is 23.4. The second-order valence-corrected chi connectivity index (χ2v) is 3.67. The molecule has 2 aromatic rings. The van der Waals surface area contributed by atoms with E-state index in [1.54, 1.807) is 36.4 Å². The highest BCUT2D eigenvalue weighted by Gasteiger charge is 2.09. The van der Waals surface area contributed by atoms with E-state index < -0.39 is 11.9 Å². The lowest BCUT2D eigenvalue weighted by Crippen LogP contribution is -2.17. The van der Waals surface area contributed by atoms with Crippen molar-refractivity contribution in [2.24, 2.45) is 0 Å². The first kappa shape index (κ1) is 12.9. The summed E-state index contributed by atoms with van der Waals surface area (Å²) in [5.74, 6) is 0.165. The lowest BCUT2D eigenvalue weighted by atomic mass is 10.3. The highest BCUT2D eigenvalue weighted by atomic mass is 19.1. The number of halogens is 1. The lowest BCUT2D eigenvalue weighted by Gasteiger charge is -2.08. The molecule has 1 amide bonds. The van der Waals surface area contributed by atoms with Crippen molar-refractivity contribution in [2.75, 3.05) is 12.4 Å². The molecule has 0 unspecified atom stereocenters. The van der Waals surface area contributed by atoms with Gasteiger partial charge in [0.1, 0.15) is 11.5 Å². The molecule has 0 aliphatic heterocycles. The number of anilines is 1. The van der Waals surface area contributed by atoms with E-state index in [4.69, 9.17) is 9.47 Å². The van der Waals surface area contributed by atoms with E-state index >= 15 is 0 Å². The molecule has 0 aromatic heterocycles. The largest absolute Gasteiger partial charge is 0.497 e. The van der Waals surface area contributed by atoms with Crippen molar-refractivity contribution in [1.82, 2.24) is 0 Å². The maximum atomic E-state index is 13.6. The molecule has 5 heteroatoms. The predicted molar refractivity (Wildman–Crippen MR) is 69.0 cm³/mol. The van der Waals surface area contributed by atoms with Crippen molar-refractivity contribution in [3.05, 3.63) is 54.3 Å². The Kier molecular flexibility index (Phi) is 3.97. The number of rotatable bonds is 3. The fourth-order valence-electron chi connectivity index (χ4n) is 1.46. The molecule has 0 bridgehead atoms. The van der Waals surface area contributed by atoms with Gasteiger partial charge in [0, 0.05) is 6.07 Å². The van der Waals surface area contributed by atoms with Crippen molar-refractivity contribution < 1.29 is 18.7 Å². The molecule has 2 aromatic carbocycles. The molecule has 0 saturated carbocycles. The zero-order valence-corrected chi connectivity index (χ0v) is 10.2. The Labute approximate surface area is 109 Å². The number of carbonyl (C=O) groups excluding carboxylic acids is 1. The Balaban J connectivity index is 2.03. The van der Waals surface area contributed by atoms with Crippen molar-refractivity contribution in [2.45, 2.75) is 0 Å². The number of methoxy groups -OCH3 is 1. The standard InChI is InChI=1S/C14H12FNO3/c1-18-11-7-8-13(12(15)9-11)16-14(17)19-10-5-3-2-4-6-10/h2-9H,1H3,(H,16,17). The average molecular weight is 261 g/mol. The number of ether oxygens (including phenoxy) is 2. The van der Waals surface area contributed by atoms with Gasteiger partial charge >= 0.3 is 6.09 Å². The van der Waals surface area contributed by atoms with Gasteiger partial charge in [-0.1, -0.05) is 18.2 Å². The third-order valence-electron chi connectivity index (χ3n) is 2.37. The molecule has 0 saturated heterocycles. The summed E-state index contributed by atoms with van der Waals surface area (Å²) in [4.78, 5) is 11.6. The van der Waals surface area contributed by atoms with Crippen LogP contribution < -0.4 is 14.8 Å². The van der Waals surface area contributed by atoms with Gasteiger partial charge in [0.15, 0.2) is 5.82 Å². The number of hydrogen-bond donors (Lipinski definition) is 1. The molecule has 0 aliphatic carbocycles. The summed E-state index contributed by atoms with van der Waals surface area (Å²) in [5, 5.41) is 2.32. The Morgan fingerprint density at radius 1 is 1.11 bits per heavy atom. The first-order valence-electron chi connectivity index (χ1n) is 5.56. The number of hydrogen-bond acceptors (Lipinski definition) is 3. The zero-order valence-electron chi connectivity index (χ0n) is 10.2. The summed E-state index contributed by atoms with van der Waals surface area (Å²) in [7, 11) is 1.44. The summed E-state index contributed by atoms with van der Waals surface area (Å²) in [6, 6.07) is 12.6. The van der Waals surface area contributed by atoms with E-state index in [-0.39, 0.29) is 5.69 Å². The molecule has 0 radical (unpaired) electrons. The van der Waals surface area contributed by atoms with Gasteiger partial charge in [0.25, 0.3) is 0 Å². The minimum Gasteiger partial charge on any atom is -0.497 e. The molecule has 0 spiro atoms. The van der Waals surface area contributed by atoms with E-state index in [0.717, 1.165) is 0 Å². The molecule has 0 atom stereocenters. The molecule has 98 valence electrons. The number of nitrogens with one attached hydrogen (secondary N) is 1. The third kappa shape index (κ3) is 3.45. The van der Waals surface area contributed by atoms with Crippen LogP contribution in [0.2, 0.25) is 0 Å². The monoisotopic (exact) mass is 261 g/mol. The first-order valence-corrected chi connectivity index (χ1v) is 5.56. The number of para-hydroxylation sites is 1. The summed E-state index contributed by atoms with van der Waals surface area (Å²) in [6.45, 7) is 0. The van der Waals surface area contributed by atoms with Gasteiger partial charge in [-0.2, -0.15) is 0 Å². The van der Waals surface area contributed by atoms with Crippen LogP contribution in [0.25, 0.3) is 0 Å². The fraction of sp³-hybridized carbons (Fsp3) is 0.0714. The molecular weight excluding hydrogens is 249 g/mol. The van der Waals surface area contributed by atoms with Gasteiger partial charge < -0.3 is 9.47 Å². The van der Waals surface area contributed by atoms with Gasteiger partial charge in [-0.25, -0.2) is 9.18 Å². The molecule has 0 aliphatic rings. The van der Waals surface area contributed by atoms with E-state index in [9.17, 15) is 9.18 Å². The van der Waals surface area contributed by atoms with Crippen LogP contribution in [0.5, 0.6) is 11.5 Å². The summed E-state index contributed by atoms with van der Waals surface area (Å²) >= 11 is 0. The van der Waals surface area contributed by atoms with Gasteiger partial charge in [-0.15, -0.1) is 0 Å². The molecule has 0 fully saturated rings. The zero-order chi connectivity index (χ0) is 13.7. The van der Waals surface area contributed by atoms with Gasteiger partial charge in [0.2, 0.25) is 0 Å². The van der Waals surface area contributed by atoms with Gasteiger partial charge in [-0.05, 0) is 24.3 Å². The van der Waals surface area contributed by atoms with Crippen molar-refractivity contribution in [1.29, 1.82) is 0 Å². The Morgan fingerprint density at radius 3 is 2.47 bits per heavy atom. The minimum absolute atomic E-state index is 0.0294. The van der Waals surface area contributed by atoms with E-state index in [0.29, 0.717) is 11.5 Å². The molecule has 4 nitrogen and oxygen atoms in total. The second kappa shape index (κ2) is 5.86. The average Bonchev–Trinajstić information content (AvgIpc) is 2.42. The quantitative estimate of drug-likeness (QED) is 0.920. The summed E-state index contributed by atoms with van der Waals surface area (Å²) in [6.07, 6.45) is -0.754. The smallest absolute Gasteiger partial charge is 0.417 e. The molecule has 19 heavy (non-hydrogen) atoms. The fourth-order valence-corrected chi connectivity index (χ4v) is 1.46. The van der Waals surface area contributed by atoms with Gasteiger partial charge in [-0.3, -0.25) is 5.32 Å². The predicted octanol–water partition coefficient (Wildman–Crippen LogP) is 3.45. The van der Waals surface area contributed by atoms with Crippen LogP contribution in [-0.4, -0.2) is 13.2 Å². The highest BCUT2D eigenvalue weighted by molar-refractivity contribution is 5.86. The normalized spacial score (nSPS) is 9.79. The van der Waals surface area contributed by atoms with Crippen LogP contribution in [0.1, 0.15) is 0 Å². The number of carbonyl (C=O) groups is 1. The topological polar surface area (TPSA) is 47.6 Å². The SMILES string of the molecule is COc1ccc(NC(=O)Oc2ccccc2)c(F)c1. The van der Waals surface area contributed by atoms with E-state index in [2.05, 4.69) is 5.32 Å². The highest BCUT2D eigenvalue weighted by Crippen LogP contribution is 2.20.